The van der Waals surface area contributed by atoms with Gasteiger partial charge < -0.3 is 16.0 Å². The minimum atomic E-state index is 0. The summed E-state index contributed by atoms with van der Waals surface area (Å²) in [5.74, 6) is 0.793. The van der Waals surface area contributed by atoms with Crippen LogP contribution in [0, 0.1) is 5.92 Å². The summed E-state index contributed by atoms with van der Waals surface area (Å²) in [6, 6.07) is 18.2. The lowest BCUT2D eigenvalue weighted by Crippen LogP contribution is -2.37. The minimum Gasteiger partial charge on any atom is -0.356 e. The summed E-state index contributed by atoms with van der Waals surface area (Å²) < 4.78 is 1.85. The van der Waals surface area contributed by atoms with Crippen molar-refractivity contribution in [3.63, 3.8) is 0 Å². The summed E-state index contributed by atoms with van der Waals surface area (Å²) in [6.45, 7) is 5.33. The van der Waals surface area contributed by atoms with Crippen molar-refractivity contribution in [1.29, 1.82) is 0 Å². The second-order valence-electron chi connectivity index (χ2n) is 7.72. The van der Waals surface area contributed by atoms with E-state index in [0.29, 0.717) is 6.54 Å². The lowest BCUT2D eigenvalue weighted by molar-refractivity contribution is -0.119. The first-order valence-electron chi connectivity index (χ1n) is 11.0. The van der Waals surface area contributed by atoms with Crippen LogP contribution in [-0.2, 0) is 17.8 Å². The van der Waals surface area contributed by atoms with E-state index >= 15 is 0 Å². The summed E-state index contributed by atoms with van der Waals surface area (Å²) in [4.78, 5) is 16.4. The molecule has 8 heteroatoms. The van der Waals surface area contributed by atoms with Crippen molar-refractivity contribution in [3.05, 3.63) is 78.1 Å². The first-order valence-corrected chi connectivity index (χ1v) is 11.0. The highest BCUT2D eigenvalue weighted by Crippen LogP contribution is 2.13. The van der Waals surface area contributed by atoms with E-state index < -0.39 is 0 Å². The summed E-state index contributed by atoms with van der Waals surface area (Å²) in [6.07, 6.45) is 5.41. The van der Waals surface area contributed by atoms with E-state index in [9.17, 15) is 4.79 Å². The molecule has 7 nitrogen and oxygen atoms in total. The molecule has 0 bridgehead atoms. The van der Waals surface area contributed by atoms with E-state index in [4.69, 9.17) is 0 Å². The smallest absolute Gasteiger partial charge is 0.227 e. The normalized spacial score (nSPS) is 11.9. The molecule has 0 fully saturated rings. The summed E-state index contributed by atoms with van der Waals surface area (Å²) in [5.41, 5.74) is 4.18. The second kappa shape index (κ2) is 13.6. The van der Waals surface area contributed by atoms with E-state index in [-0.39, 0.29) is 35.8 Å². The number of carbonyl (C=O) groups is 1. The second-order valence-corrected chi connectivity index (χ2v) is 7.72. The molecule has 1 unspecified atom stereocenters. The third-order valence-corrected chi connectivity index (χ3v) is 5.35. The lowest BCUT2D eigenvalue weighted by Gasteiger charge is -2.14. The zero-order valence-corrected chi connectivity index (χ0v) is 21.7. The molecule has 0 spiro atoms. The maximum Gasteiger partial charge on any atom is 0.227 e. The van der Waals surface area contributed by atoms with Gasteiger partial charge in [0.2, 0.25) is 5.91 Å². The molecule has 0 saturated carbocycles. The van der Waals surface area contributed by atoms with Crippen LogP contribution in [0.2, 0.25) is 0 Å². The lowest BCUT2D eigenvalue weighted by atomic mass is 10.1. The number of anilines is 1. The number of hydrogen-bond donors (Lipinski definition) is 3. The number of carbonyl (C=O) groups excluding carboxylic acids is 1. The Kier molecular flexibility index (Phi) is 10.9. The maximum atomic E-state index is 12.1. The van der Waals surface area contributed by atoms with Gasteiger partial charge in [0.25, 0.3) is 0 Å². The van der Waals surface area contributed by atoms with E-state index in [1.54, 1.807) is 13.2 Å². The zero-order chi connectivity index (χ0) is 22.8. The average molecular weight is 560 g/mol. The highest BCUT2D eigenvalue weighted by Gasteiger charge is 2.10. The van der Waals surface area contributed by atoms with Crippen molar-refractivity contribution in [2.75, 3.05) is 18.9 Å². The number of benzene rings is 2. The van der Waals surface area contributed by atoms with E-state index in [1.807, 2.05) is 55.1 Å². The molecular formula is C25H33IN6O. The Bertz CT molecular complexity index is 1020. The van der Waals surface area contributed by atoms with Crippen LogP contribution in [0.3, 0.4) is 0 Å². The van der Waals surface area contributed by atoms with Gasteiger partial charge in [0.15, 0.2) is 5.96 Å². The number of nitrogens with zero attached hydrogens (tertiary/aromatic N) is 3. The maximum absolute atomic E-state index is 12.1. The molecule has 1 aromatic heterocycles. The zero-order valence-electron chi connectivity index (χ0n) is 19.4. The van der Waals surface area contributed by atoms with E-state index in [2.05, 4.69) is 50.3 Å². The van der Waals surface area contributed by atoms with Gasteiger partial charge in [-0.2, -0.15) is 5.10 Å². The van der Waals surface area contributed by atoms with Gasteiger partial charge in [0, 0.05) is 44.1 Å². The molecule has 0 aliphatic rings. The largest absolute Gasteiger partial charge is 0.356 e. The molecule has 0 radical (unpaired) electrons. The SMILES string of the molecule is CCC(C)C(=O)Nc1cccc(CNC(=NC)NCCc2ccc(-n3cccn3)cc2)c1.I. The summed E-state index contributed by atoms with van der Waals surface area (Å²) in [7, 11) is 1.76. The summed E-state index contributed by atoms with van der Waals surface area (Å²) >= 11 is 0. The van der Waals surface area contributed by atoms with Crippen molar-refractivity contribution in [2.45, 2.75) is 33.2 Å². The van der Waals surface area contributed by atoms with Crippen LogP contribution in [-0.4, -0.2) is 35.2 Å². The van der Waals surface area contributed by atoms with Crippen LogP contribution in [0.5, 0.6) is 0 Å². The number of aromatic nitrogens is 2. The molecule has 1 heterocycles. The van der Waals surface area contributed by atoms with Crippen molar-refractivity contribution >= 4 is 41.5 Å². The van der Waals surface area contributed by atoms with Gasteiger partial charge in [0.05, 0.1) is 5.69 Å². The summed E-state index contributed by atoms with van der Waals surface area (Å²) in [5, 5.41) is 13.9. The number of guanidine groups is 1. The molecule has 3 N–H and O–H groups in total. The molecular weight excluding hydrogens is 527 g/mol. The Balaban J connectivity index is 0.00000385. The monoisotopic (exact) mass is 560 g/mol. The first-order chi connectivity index (χ1) is 15.6. The van der Waals surface area contributed by atoms with Crippen LogP contribution >= 0.6 is 24.0 Å². The fourth-order valence-corrected chi connectivity index (χ4v) is 3.18. The molecule has 1 atom stereocenters. The first kappa shape index (κ1) is 26.4. The Morgan fingerprint density at radius 3 is 2.55 bits per heavy atom. The Morgan fingerprint density at radius 2 is 1.88 bits per heavy atom. The minimum absolute atomic E-state index is 0. The Hall–Kier alpha value is -2.88. The molecule has 33 heavy (non-hydrogen) atoms. The van der Waals surface area contributed by atoms with Crippen LogP contribution in [0.15, 0.2) is 72.0 Å². The van der Waals surface area contributed by atoms with Gasteiger partial charge in [-0.3, -0.25) is 9.79 Å². The molecule has 3 aromatic rings. The van der Waals surface area contributed by atoms with Crippen LogP contribution in [0.4, 0.5) is 5.69 Å². The molecule has 0 aliphatic heterocycles. The van der Waals surface area contributed by atoms with Gasteiger partial charge in [-0.25, -0.2) is 4.68 Å². The molecule has 2 aromatic carbocycles. The predicted molar refractivity (Wildman–Crippen MR) is 145 cm³/mol. The number of amides is 1. The van der Waals surface area contributed by atoms with Crippen molar-refractivity contribution in [3.8, 4) is 5.69 Å². The number of aliphatic imine (C=N–C) groups is 1. The van der Waals surface area contributed by atoms with Crippen molar-refractivity contribution in [2.24, 2.45) is 10.9 Å². The molecule has 176 valence electrons. The van der Waals surface area contributed by atoms with Crippen LogP contribution in [0.25, 0.3) is 5.69 Å². The fraction of sp³-hybridized carbons (Fsp3) is 0.320. The third kappa shape index (κ3) is 8.20. The van der Waals surface area contributed by atoms with Crippen molar-refractivity contribution in [1.82, 2.24) is 20.4 Å². The number of nitrogens with one attached hydrogen (secondary N) is 3. The van der Waals surface area contributed by atoms with E-state index in [1.165, 1.54) is 5.56 Å². The molecule has 1 amide bonds. The van der Waals surface area contributed by atoms with Gasteiger partial charge in [-0.15, -0.1) is 24.0 Å². The average Bonchev–Trinajstić information content (AvgIpc) is 3.36. The topological polar surface area (TPSA) is 83.3 Å². The van der Waals surface area contributed by atoms with Crippen LogP contribution in [0.1, 0.15) is 31.4 Å². The highest BCUT2D eigenvalue weighted by molar-refractivity contribution is 14.0. The van der Waals surface area contributed by atoms with Crippen LogP contribution < -0.4 is 16.0 Å². The standard InChI is InChI=1S/C25H32N6O.HI/c1-4-19(2)24(32)30-22-8-5-7-21(17-22)18-28-25(26-3)27-15-13-20-9-11-23(12-10-20)31-16-6-14-29-31;/h5-12,14,16-17,19H,4,13,15,18H2,1-3H3,(H,30,32)(H2,26,27,28);1H. The fourth-order valence-electron chi connectivity index (χ4n) is 3.18. The predicted octanol–water partition coefficient (Wildman–Crippen LogP) is 4.38. The van der Waals surface area contributed by atoms with Gasteiger partial charge >= 0.3 is 0 Å². The number of hydrogen-bond acceptors (Lipinski definition) is 3. The molecule has 3 rings (SSSR count). The molecule has 0 aliphatic carbocycles. The number of halogens is 1. The Morgan fingerprint density at radius 1 is 1.09 bits per heavy atom. The van der Waals surface area contributed by atoms with E-state index in [0.717, 1.165) is 42.3 Å². The molecule has 0 saturated heterocycles. The quantitative estimate of drug-likeness (QED) is 0.206. The Labute approximate surface area is 213 Å². The van der Waals surface area contributed by atoms with Gasteiger partial charge in [-0.05, 0) is 54.3 Å². The van der Waals surface area contributed by atoms with Gasteiger partial charge in [0.1, 0.15) is 0 Å². The van der Waals surface area contributed by atoms with Crippen molar-refractivity contribution < 1.29 is 4.79 Å². The third-order valence-electron chi connectivity index (χ3n) is 5.35. The highest BCUT2D eigenvalue weighted by atomic mass is 127. The number of rotatable bonds is 9. The van der Waals surface area contributed by atoms with Gasteiger partial charge in [-0.1, -0.05) is 38.1 Å².